The number of benzene rings is 1. The molecule has 0 bridgehead atoms. The van der Waals surface area contributed by atoms with Gasteiger partial charge >= 0.3 is 5.97 Å². The molecule has 1 aromatic rings. The number of esters is 1. The summed E-state index contributed by atoms with van der Waals surface area (Å²) >= 11 is 7.63. The molecule has 0 unspecified atom stereocenters. The zero-order valence-corrected chi connectivity index (χ0v) is 12.7. The van der Waals surface area contributed by atoms with E-state index in [-0.39, 0.29) is 17.1 Å². The van der Waals surface area contributed by atoms with Crippen molar-refractivity contribution in [3.8, 4) is 0 Å². The number of piperidine rings is 1. The van der Waals surface area contributed by atoms with Gasteiger partial charge in [0.05, 0.1) is 13.0 Å². The fraction of sp³-hybridized carbons (Fsp3) is 0.500. The van der Waals surface area contributed by atoms with Crippen LogP contribution in [0.4, 0.5) is 0 Å². The summed E-state index contributed by atoms with van der Waals surface area (Å²) in [5, 5.41) is 1.00. The smallest absolute Gasteiger partial charge is 0.311 e. The maximum absolute atomic E-state index is 11.9. The monoisotopic (exact) mass is 299 g/mol. The maximum atomic E-state index is 11.9. The first-order chi connectivity index (χ1) is 9.10. The second-order valence-corrected chi connectivity index (χ2v) is 6.54. The zero-order valence-electron chi connectivity index (χ0n) is 11.1. The van der Waals surface area contributed by atoms with Gasteiger partial charge in [-0.1, -0.05) is 11.6 Å². The highest BCUT2D eigenvalue weighted by molar-refractivity contribution is 8.00. The molecular weight excluding hydrogens is 282 g/mol. The van der Waals surface area contributed by atoms with Crippen LogP contribution in [0, 0.1) is 5.92 Å². The molecule has 2 atom stereocenters. The van der Waals surface area contributed by atoms with Crippen molar-refractivity contribution < 1.29 is 9.53 Å². The number of methoxy groups -OCH3 is 1. The summed E-state index contributed by atoms with van der Waals surface area (Å²) in [7, 11) is 3.50. The van der Waals surface area contributed by atoms with Crippen molar-refractivity contribution in [2.45, 2.75) is 16.6 Å². The molecule has 0 aliphatic carbocycles. The molecule has 0 saturated carbocycles. The third kappa shape index (κ3) is 3.88. The van der Waals surface area contributed by atoms with E-state index >= 15 is 0 Å². The lowest BCUT2D eigenvalue weighted by Gasteiger charge is -2.34. The summed E-state index contributed by atoms with van der Waals surface area (Å²) in [6.07, 6.45) is 0.990. The first-order valence-corrected chi connectivity index (χ1v) is 7.54. The van der Waals surface area contributed by atoms with Gasteiger partial charge in [0, 0.05) is 21.7 Å². The third-order valence-electron chi connectivity index (χ3n) is 3.36. The fourth-order valence-electron chi connectivity index (χ4n) is 2.30. The lowest BCUT2D eigenvalue weighted by atomic mass is 9.98. The molecule has 104 valence electrons. The number of halogens is 1. The van der Waals surface area contributed by atoms with Gasteiger partial charge in [0.1, 0.15) is 0 Å². The van der Waals surface area contributed by atoms with Gasteiger partial charge in [0.25, 0.3) is 0 Å². The second-order valence-electron chi connectivity index (χ2n) is 4.79. The number of thioether (sulfide) groups is 1. The van der Waals surface area contributed by atoms with E-state index in [4.69, 9.17) is 16.3 Å². The molecule has 1 saturated heterocycles. The number of likely N-dealkylation sites (tertiary alicyclic amines) is 1. The standard InChI is InChI=1S/C14H18ClNO2S/c1-16-8-7-13(12(9-16)14(17)18-2)19-11-5-3-10(15)4-6-11/h3-6,12-13H,7-9H2,1-2H3/t12-,13-/m0/s1. The zero-order chi connectivity index (χ0) is 13.8. The van der Waals surface area contributed by atoms with Crippen molar-refractivity contribution in [2.24, 2.45) is 5.92 Å². The molecule has 3 nitrogen and oxygen atoms in total. The Bertz CT molecular complexity index is 438. The lowest BCUT2D eigenvalue weighted by molar-refractivity contribution is -0.146. The van der Waals surface area contributed by atoms with Crippen LogP contribution in [0.1, 0.15) is 6.42 Å². The highest BCUT2D eigenvalue weighted by atomic mass is 35.5. The summed E-state index contributed by atoms with van der Waals surface area (Å²) in [6.45, 7) is 1.77. The minimum absolute atomic E-state index is 0.0653. The van der Waals surface area contributed by atoms with Crippen LogP contribution in [0.15, 0.2) is 29.2 Å². The second kappa shape index (κ2) is 6.64. The minimum Gasteiger partial charge on any atom is -0.469 e. The number of nitrogens with zero attached hydrogens (tertiary/aromatic N) is 1. The molecule has 0 aromatic heterocycles. The van der Waals surface area contributed by atoms with E-state index < -0.39 is 0 Å². The van der Waals surface area contributed by atoms with E-state index in [1.54, 1.807) is 11.8 Å². The Hall–Kier alpha value is -0.710. The van der Waals surface area contributed by atoms with Gasteiger partial charge in [-0.3, -0.25) is 4.79 Å². The van der Waals surface area contributed by atoms with Crippen molar-refractivity contribution >= 4 is 29.3 Å². The van der Waals surface area contributed by atoms with Gasteiger partial charge in [-0.05, 0) is 44.3 Å². The predicted molar refractivity (Wildman–Crippen MR) is 78.7 cm³/mol. The van der Waals surface area contributed by atoms with Gasteiger partial charge in [-0.15, -0.1) is 11.8 Å². The van der Waals surface area contributed by atoms with E-state index in [0.29, 0.717) is 0 Å². The van der Waals surface area contributed by atoms with E-state index in [2.05, 4.69) is 4.90 Å². The minimum atomic E-state index is -0.113. The molecule has 19 heavy (non-hydrogen) atoms. The largest absolute Gasteiger partial charge is 0.469 e. The molecule has 0 radical (unpaired) electrons. The highest BCUT2D eigenvalue weighted by Crippen LogP contribution is 2.34. The van der Waals surface area contributed by atoms with Gasteiger partial charge in [-0.2, -0.15) is 0 Å². The topological polar surface area (TPSA) is 29.5 Å². The van der Waals surface area contributed by atoms with Crippen LogP contribution in [0.5, 0.6) is 0 Å². The van der Waals surface area contributed by atoms with Crippen molar-refractivity contribution in [3.63, 3.8) is 0 Å². The summed E-state index contributed by atoms with van der Waals surface area (Å²) in [4.78, 5) is 15.2. The number of hydrogen-bond acceptors (Lipinski definition) is 4. The molecule has 1 fully saturated rings. The van der Waals surface area contributed by atoms with Gasteiger partial charge in [0.2, 0.25) is 0 Å². The Morgan fingerprint density at radius 3 is 2.74 bits per heavy atom. The van der Waals surface area contributed by atoms with Crippen LogP contribution >= 0.6 is 23.4 Å². The lowest BCUT2D eigenvalue weighted by Crippen LogP contribution is -2.43. The SMILES string of the molecule is COC(=O)[C@H]1CN(C)CC[C@@H]1Sc1ccc(Cl)cc1. The highest BCUT2D eigenvalue weighted by Gasteiger charge is 2.34. The van der Waals surface area contributed by atoms with Crippen LogP contribution in [0.25, 0.3) is 0 Å². The maximum Gasteiger partial charge on any atom is 0.311 e. The Morgan fingerprint density at radius 2 is 2.11 bits per heavy atom. The van der Waals surface area contributed by atoms with E-state index in [0.717, 1.165) is 29.4 Å². The molecule has 0 spiro atoms. The van der Waals surface area contributed by atoms with Crippen LogP contribution in [0.2, 0.25) is 5.02 Å². The molecule has 0 amide bonds. The van der Waals surface area contributed by atoms with Crippen LogP contribution in [-0.2, 0) is 9.53 Å². The molecule has 5 heteroatoms. The Labute approximate surface area is 123 Å². The van der Waals surface area contributed by atoms with Crippen LogP contribution < -0.4 is 0 Å². The van der Waals surface area contributed by atoms with Crippen LogP contribution in [-0.4, -0.2) is 43.4 Å². The molecule has 2 rings (SSSR count). The van der Waals surface area contributed by atoms with E-state index in [1.807, 2.05) is 31.3 Å². The number of ether oxygens (including phenoxy) is 1. The van der Waals surface area contributed by atoms with Crippen molar-refractivity contribution in [1.82, 2.24) is 4.90 Å². The summed E-state index contributed by atoms with van der Waals surface area (Å²) < 4.78 is 4.93. The molecule has 1 aromatic carbocycles. The molecule has 1 heterocycles. The fourth-order valence-corrected chi connectivity index (χ4v) is 3.65. The van der Waals surface area contributed by atoms with Crippen molar-refractivity contribution in [1.29, 1.82) is 0 Å². The predicted octanol–water partition coefficient (Wildman–Crippen LogP) is 2.93. The quantitative estimate of drug-likeness (QED) is 0.803. The average molecular weight is 300 g/mol. The number of carbonyl (C=O) groups is 1. The number of hydrogen-bond donors (Lipinski definition) is 0. The normalized spacial score (nSPS) is 24.2. The molecular formula is C14H18ClNO2S. The Kier molecular flexibility index (Phi) is 5.13. The summed E-state index contributed by atoms with van der Waals surface area (Å²) in [5.41, 5.74) is 0. The van der Waals surface area contributed by atoms with Crippen LogP contribution in [0.3, 0.4) is 0 Å². The third-order valence-corrected chi connectivity index (χ3v) is 5.02. The van der Waals surface area contributed by atoms with E-state index in [1.165, 1.54) is 7.11 Å². The molecule has 1 aliphatic heterocycles. The molecule has 1 aliphatic rings. The summed E-state index contributed by atoms with van der Waals surface area (Å²) in [5.74, 6) is -0.178. The van der Waals surface area contributed by atoms with Crippen molar-refractivity contribution in [2.75, 3.05) is 27.2 Å². The van der Waals surface area contributed by atoms with E-state index in [9.17, 15) is 4.79 Å². The van der Waals surface area contributed by atoms with Gasteiger partial charge < -0.3 is 9.64 Å². The summed E-state index contributed by atoms with van der Waals surface area (Å²) in [6, 6.07) is 7.76. The number of carbonyl (C=O) groups excluding carboxylic acids is 1. The Balaban J connectivity index is 2.07. The van der Waals surface area contributed by atoms with Gasteiger partial charge in [-0.25, -0.2) is 0 Å². The van der Waals surface area contributed by atoms with Gasteiger partial charge in [0.15, 0.2) is 0 Å². The number of rotatable bonds is 3. The first-order valence-electron chi connectivity index (χ1n) is 6.28. The molecule has 0 N–H and O–H groups in total. The first kappa shape index (κ1) is 14.7. The average Bonchev–Trinajstić information content (AvgIpc) is 2.42. The Morgan fingerprint density at radius 1 is 1.42 bits per heavy atom. The van der Waals surface area contributed by atoms with Crippen molar-refractivity contribution in [3.05, 3.63) is 29.3 Å².